The Labute approximate surface area is 145 Å². The average Bonchev–Trinajstić information content (AvgIpc) is 2.98. The Kier molecular flexibility index (Phi) is 3.82. The van der Waals surface area contributed by atoms with Crippen LogP contribution in [0.3, 0.4) is 0 Å². The van der Waals surface area contributed by atoms with Crippen LogP contribution in [-0.4, -0.2) is 20.6 Å². The summed E-state index contributed by atoms with van der Waals surface area (Å²) in [5.41, 5.74) is 1.87. The molecule has 1 aliphatic rings. The molecule has 0 amide bonds. The number of anilines is 1. The van der Waals surface area contributed by atoms with E-state index in [4.69, 9.17) is 0 Å². The fourth-order valence-electron chi connectivity index (χ4n) is 2.52. The summed E-state index contributed by atoms with van der Waals surface area (Å²) in [6.45, 7) is 0.642. The summed E-state index contributed by atoms with van der Waals surface area (Å²) < 4.78 is 16.6. The normalized spacial score (nSPS) is 13.9. The molecule has 1 aromatic heterocycles. The molecule has 0 saturated carbocycles. The van der Waals surface area contributed by atoms with Gasteiger partial charge in [-0.05, 0) is 36.4 Å². The molecule has 0 atom stereocenters. The van der Waals surface area contributed by atoms with E-state index in [0.717, 1.165) is 26.8 Å². The molecule has 116 valence electrons. The topological polar surface area (TPSA) is 34.0 Å². The van der Waals surface area contributed by atoms with Gasteiger partial charge in [0.05, 0.1) is 12.5 Å². The van der Waals surface area contributed by atoms with E-state index in [-0.39, 0.29) is 5.82 Å². The second-order valence-electron chi connectivity index (χ2n) is 5.18. The first-order valence-electron chi connectivity index (χ1n) is 7.03. The van der Waals surface area contributed by atoms with Gasteiger partial charge in [-0.3, -0.25) is 4.57 Å². The fourth-order valence-corrected chi connectivity index (χ4v) is 3.68. The van der Waals surface area contributed by atoms with Crippen LogP contribution in [0.25, 0.3) is 11.4 Å². The lowest BCUT2D eigenvalue weighted by atomic mass is 10.2. The molecule has 23 heavy (non-hydrogen) atoms. The highest BCUT2D eigenvalue weighted by Gasteiger charge is 2.22. The van der Waals surface area contributed by atoms with Gasteiger partial charge in [0.15, 0.2) is 11.0 Å². The maximum Gasteiger partial charge on any atom is 0.194 e. The van der Waals surface area contributed by atoms with Gasteiger partial charge in [-0.15, -0.1) is 10.2 Å². The molecule has 0 N–H and O–H groups in total. The number of rotatable bonds is 2. The van der Waals surface area contributed by atoms with E-state index < -0.39 is 0 Å². The SMILES string of the molecule is Fc1cccc(-c2nnc3n2CN(c2ccc(Br)cc2)CS3)c1. The molecule has 4 nitrogen and oxygen atoms in total. The molecule has 0 bridgehead atoms. The van der Waals surface area contributed by atoms with Crippen molar-refractivity contribution in [3.8, 4) is 11.4 Å². The Morgan fingerprint density at radius 1 is 1.09 bits per heavy atom. The molecule has 2 heterocycles. The molecule has 0 spiro atoms. The fraction of sp³-hybridized carbons (Fsp3) is 0.125. The van der Waals surface area contributed by atoms with Crippen molar-refractivity contribution in [1.29, 1.82) is 0 Å². The van der Waals surface area contributed by atoms with Crippen LogP contribution in [-0.2, 0) is 6.67 Å². The van der Waals surface area contributed by atoms with Crippen molar-refractivity contribution in [2.45, 2.75) is 11.8 Å². The summed E-state index contributed by atoms with van der Waals surface area (Å²) in [5, 5.41) is 9.33. The van der Waals surface area contributed by atoms with E-state index in [1.807, 2.05) is 22.8 Å². The molecule has 7 heteroatoms. The number of aromatic nitrogens is 3. The molecule has 2 aromatic carbocycles. The lowest BCUT2D eigenvalue weighted by molar-refractivity contribution is 0.606. The largest absolute Gasteiger partial charge is 0.344 e. The predicted molar refractivity (Wildman–Crippen MR) is 92.8 cm³/mol. The molecular weight excluding hydrogens is 379 g/mol. The van der Waals surface area contributed by atoms with E-state index in [1.165, 1.54) is 12.1 Å². The Morgan fingerprint density at radius 3 is 2.70 bits per heavy atom. The van der Waals surface area contributed by atoms with E-state index in [9.17, 15) is 4.39 Å². The van der Waals surface area contributed by atoms with Crippen LogP contribution in [0.4, 0.5) is 10.1 Å². The minimum atomic E-state index is -0.270. The number of hydrogen-bond acceptors (Lipinski definition) is 4. The van der Waals surface area contributed by atoms with Crippen molar-refractivity contribution in [1.82, 2.24) is 14.8 Å². The first kappa shape index (κ1) is 14.7. The summed E-state index contributed by atoms with van der Waals surface area (Å²) in [4.78, 5) is 2.23. The minimum Gasteiger partial charge on any atom is -0.344 e. The number of thioether (sulfide) groups is 1. The molecule has 1 aliphatic heterocycles. The molecule has 0 radical (unpaired) electrons. The predicted octanol–water partition coefficient (Wildman–Crippen LogP) is 4.37. The quantitative estimate of drug-likeness (QED) is 0.650. The Hall–Kier alpha value is -1.86. The van der Waals surface area contributed by atoms with Crippen LogP contribution in [0.2, 0.25) is 0 Å². The number of halogens is 2. The van der Waals surface area contributed by atoms with Gasteiger partial charge in [-0.1, -0.05) is 39.8 Å². The van der Waals surface area contributed by atoms with Crippen molar-refractivity contribution in [3.63, 3.8) is 0 Å². The summed E-state index contributed by atoms with van der Waals surface area (Å²) in [5.74, 6) is 1.23. The Balaban J connectivity index is 1.69. The van der Waals surface area contributed by atoms with Gasteiger partial charge in [0, 0.05) is 15.7 Å². The average molecular weight is 391 g/mol. The third-order valence-electron chi connectivity index (χ3n) is 3.65. The van der Waals surface area contributed by atoms with Crippen LogP contribution >= 0.6 is 27.7 Å². The maximum atomic E-state index is 13.5. The second-order valence-corrected chi connectivity index (χ2v) is 7.00. The molecule has 4 rings (SSSR count). The first-order chi connectivity index (χ1) is 11.2. The Morgan fingerprint density at radius 2 is 1.91 bits per heavy atom. The van der Waals surface area contributed by atoms with Gasteiger partial charge in [0.2, 0.25) is 0 Å². The zero-order valence-corrected chi connectivity index (χ0v) is 14.4. The van der Waals surface area contributed by atoms with Crippen LogP contribution in [0.1, 0.15) is 0 Å². The van der Waals surface area contributed by atoms with Crippen molar-refractivity contribution in [2.75, 3.05) is 10.8 Å². The third-order valence-corrected chi connectivity index (χ3v) is 5.18. The standard InChI is InChI=1S/C16H12BrFN4S/c17-12-4-6-14(7-5-12)21-9-22-15(19-20-16(22)23-10-21)11-2-1-3-13(18)8-11/h1-8H,9-10H2. The summed E-state index contributed by atoms with van der Waals surface area (Å²) >= 11 is 5.08. The highest BCUT2D eigenvalue weighted by Crippen LogP contribution is 2.32. The number of hydrogen-bond donors (Lipinski definition) is 0. The van der Waals surface area contributed by atoms with Gasteiger partial charge < -0.3 is 4.90 Å². The number of benzene rings is 2. The van der Waals surface area contributed by atoms with Gasteiger partial charge in [0.25, 0.3) is 0 Å². The number of fused-ring (bicyclic) bond motifs is 1. The zero-order valence-electron chi connectivity index (χ0n) is 12.0. The molecule has 3 aromatic rings. The van der Waals surface area contributed by atoms with Crippen LogP contribution in [0, 0.1) is 5.82 Å². The van der Waals surface area contributed by atoms with Crippen molar-refractivity contribution < 1.29 is 4.39 Å². The molecule has 0 saturated heterocycles. The van der Waals surface area contributed by atoms with Crippen LogP contribution < -0.4 is 4.90 Å². The van der Waals surface area contributed by atoms with Crippen molar-refractivity contribution in [2.24, 2.45) is 0 Å². The monoisotopic (exact) mass is 390 g/mol. The van der Waals surface area contributed by atoms with Gasteiger partial charge >= 0.3 is 0 Å². The molecule has 0 fully saturated rings. The lowest BCUT2D eigenvalue weighted by Gasteiger charge is -2.29. The highest BCUT2D eigenvalue weighted by molar-refractivity contribution is 9.10. The van der Waals surface area contributed by atoms with E-state index >= 15 is 0 Å². The second kappa shape index (κ2) is 5.98. The zero-order chi connectivity index (χ0) is 15.8. The van der Waals surface area contributed by atoms with Crippen molar-refractivity contribution >= 4 is 33.4 Å². The Bertz CT molecular complexity index is 850. The molecule has 0 unspecified atom stereocenters. The van der Waals surface area contributed by atoms with Crippen LogP contribution in [0.5, 0.6) is 0 Å². The van der Waals surface area contributed by atoms with Gasteiger partial charge in [-0.2, -0.15) is 0 Å². The van der Waals surface area contributed by atoms with Crippen LogP contribution in [0.15, 0.2) is 58.2 Å². The lowest BCUT2D eigenvalue weighted by Crippen LogP contribution is -2.30. The minimum absolute atomic E-state index is 0.270. The maximum absolute atomic E-state index is 13.5. The van der Waals surface area contributed by atoms with E-state index in [1.54, 1.807) is 17.8 Å². The van der Waals surface area contributed by atoms with Gasteiger partial charge in [0.1, 0.15) is 5.82 Å². The van der Waals surface area contributed by atoms with Crippen molar-refractivity contribution in [3.05, 3.63) is 58.8 Å². The number of nitrogens with zero attached hydrogens (tertiary/aromatic N) is 4. The summed E-state index contributed by atoms with van der Waals surface area (Å²) in [6.07, 6.45) is 0. The van der Waals surface area contributed by atoms with E-state index in [2.05, 4.69) is 43.2 Å². The smallest absolute Gasteiger partial charge is 0.194 e. The first-order valence-corrected chi connectivity index (χ1v) is 8.81. The molecular formula is C16H12BrFN4S. The highest BCUT2D eigenvalue weighted by atomic mass is 79.9. The summed E-state index contributed by atoms with van der Waals surface area (Å²) in [7, 11) is 0. The molecule has 0 aliphatic carbocycles. The third kappa shape index (κ3) is 2.86. The van der Waals surface area contributed by atoms with Gasteiger partial charge in [-0.25, -0.2) is 4.39 Å². The van der Waals surface area contributed by atoms with E-state index in [0.29, 0.717) is 12.5 Å². The summed E-state index contributed by atoms with van der Waals surface area (Å²) in [6, 6.07) is 14.6.